The normalized spacial score (nSPS) is 32.0. The quantitative estimate of drug-likeness (QED) is 0.620. The van der Waals surface area contributed by atoms with Crippen molar-refractivity contribution in [2.75, 3.05) is 19.8 Å². The van der Waals surface area contributed by atoms with Crippen molar-refractivity contribution in [3.05, 3.63) is 0 Å². The third-order valence-corrected chi connectivity index (χ3v) is 2.05. The summed E-state index contributed by atoms with van der Waals surface area (Å²) in [5.74, 6) is 0. The fourth-order valence-electron chi connectivity index (χ4n) is 1.29. The van der Waals surface area contributed by atoms with Crippen LogP contribution in [-0.2, 0) is 0 Å². The van der Waals surface area contributed by atoms with Crippen LogP contribution in [0.3, 0.4) is 0 Å². The molecule has 0 radical (unpaired) electrons. The number of rotatable bonds is 2. The van der Waals surface area contributed by atoms with Crippen LogP contribution in [-0.4, -0.2) is 19.8 Å². The Labute approximate surface area is 60.0 Å². The van der Waals surface area contributed by atoms with Crippen molar-refractivity contribution in [3.8, 4) is 6.07 Å². The topological polar surface area (TPSA) is 35.8 Å². The molecule has 1 rings (SSSR count). The van der Waals surface area contributed by atoms with Crippen LogP contribution in [0.4, 0.5) is 4.39 Å². The number of halogens is 1. The molecule has 1 saturated heterocycles. The first kappa shape index (κ1) is 7.49. The van der Waals surface area contributed by atoms with Crippen molar-refractivity contribution >= 4 is 0 Å². The molecule has 0 amide bonds. The fourth-order valence-corrected chi connectivity index (χ4v) is 1.29. The smallest absolute Gasteiger partial charge is 0.0910 e. The van der Waals surface area contributed by atoms with E-state index in [0.717, 1.165) is 13.0 Å². The van der Waals surface area contributed by atoms with E-state index in [1.54, 1.807) is 0 Å². The first-order chi connectivity index (χ1) is 4.83. The lowest BCUT2D eigenvalue weighted by atomic mass is 9.86. The second-order valence-electron chi connectivity index (χ2n) is 2.76. The standard InChI is InChI=1S/C7H11FN2/c8-3-1-7(5-9)2-4-10-6-7/h10H,1-4,6H2. The van der Waals surface area contributed by atoms with Crippen molar-refractivity contribution in [3.63, 3.8) is 0 Å². The van der Waals surface area contributed by atoms with Gasteiger partial charge in [-0.1, -0.05) is 0 Å². The Morgan fingerprint density at radius 3 is 2.90 bits per heavy atom. The van der Waals surface area contributed by atoms with Gasteiger partial charge in [-0.15, -0.1) is 0 Å². The van der Waals surface area contributed by atoms with Crippen LogP contribution >= 0.6 is 0 Å². The molecule has 0 aromatic rings. The Bertz CT molecular complexity index is 144. The SMILES string of the molecule is N#CC1(CCF)CCNC1. The highest BCUT2D eigenvalue weighted by Gasteiger charge is 2.33. The van der Waals surface area contributed by atoms with Crippen LogP contribution in [0.25, 0.3) is 0 Å². The van der Waals surface area contributed by atoms with Gasteiger partial charge in [0.2, 0.25) is 0 Å². The highest BCUT2D eigenvalue weighted by molar-refractivity contribution is 5.03. The molecule has 1 aliphatic heterocycles. The van der Waals surface area contributed by atoms with Crippen molar-refractivity contribution in [1.82, 2.24) is 5.32 Å². The van der Waals surface area contributed by atoms with E-state index in [4.69, 9.17) is 5.26 Å². The molecule has 0 spiro atoms. The number of nitrogens with zero attached hydrogens (tertiary/aromatic N) is 1. The number of hydrogen-bond acceptors (Lipinski definition) is 2. The summed E-state index contributed by atoms with van der Waals surface area (Å²) < 4.78 is 11.9. The summed E-state index contributed by atoms with van der Waals surface area (Å²) in [6, 6.07) is 2.18. The molecule has 0 aromatic heterocycles. The van der Waals surface area contributed by atoms with Crippen LogP contribution in [0.5, 0.6) is 0 Å². The molecule has 1 unspecified atom stereocenters. The van der Waals surface area contributed by atoms with Gasteiger partial charge >= 0.3 is 0 Å². The maximum Gasteiger partial charge on any atom is 0.0910 e. The van der Waals surface area contributed by atoms with Crippen LogP contribution in [0.15, 0.2) is 0 Å². The molecule has 0 bridgehead atoms. The fraction of sp³-hybridized carbons (Fsp3) is 0.857. The average molecular weight is 142 g/mol. The van der Waals surface area contributed by atoms with E-state index in [1.165, 1.54) is 0 Å². The van der Waals surface area contributed by atoms with E-state index < -0.39 is 5.41 Å². The summed E-state index contributed by atoms with van der Waals surface area (Å²) in [5.41, 5.74) is -0.394. The van der Waals surface area contributed by atoms with Crippen LogP contribution in [0.1, 0.15) is 12.8 Å². The Kier molecular flexibility index (Phi) is 2.23. The summed E-state index contributed by atoms with van der Waals surface area (Å²) in [6.07, 6.45) is 1.18. The summed E-state index contributed by atoms with van der Waals surface area (Å²) in [4.78, 5) is 0. The van der Waals surface area contributed by atoms with Gasteiger partial charge in [0.1, 0.15) is 0 Å². The van der Waals surface area contributed by atoms with E-state index in [-0.39, 0.29) is 6.67 Å². The summed E-state index contributed by atoms with van der Waals surface area (Å²) in [7, 11) is 0. The molecular weight excluding hydrogens is 131 g/mol. The Morgan fingerprint density at radius 1 is 1.70 bits per heavy atom. The zero-order valence-corrected chi connectivity index (χ0v) is 5.86. The lowest BCUT2D eigenvalue weighted by molar-refractivity contribution is 0.335. The minimum Gasteiger partial charge on any atom is -0.315 e. The first-order valence-electron chi connectivity index (χ1n) is 3.51. The van der Waals surface area contributed by atoms with Gasteiger partial charge in [-0.2, -0.15) is 5.26 Å². The molecule has 1 N–H and O–H groups in total. The van der Waals surface area contributed by atoms with Gasteiger partial charge in [0.25, 0.3) is 0 Å². The Balaban J connectivity index is 2.51. The maximum atomic E-state index is 11.9. The van der Waals surface area contributed by atoms with Gasteiger partial charge in [0.15, 0.2) is 0 Å². The second kappa shape index (κ2) is 2.98. The van der Waals surface area contributed by atoms with E-state index in [9.17, 15) is 4.39 Å². The Hall–Kier alpha value is -0.620. The van der Waals surface area contributed by atoms with Crippen LogP contribution in [0.2, 0.25) is 0 Å². The largest absolute Gasteiger partial charge is 0.315 e. The maximum absolute atomic E-state index is 11.9. The number of nitrogens with one attached hydrogen (secondary N) is 1. The predicted octanol–water partition coefficient (Wildman–Crippen LogP) is 0.849. The zero-order chi connectivity index (χ0) is 7.45. The first-order valence-corrected chi connectivity index (χ1v) is 3.51. The molecular formula is C7H11FN2. The monoisotopic (exact) mass is 142 g/mol. The highest BCUT2D eigenvalue weighted by atomic mass is 19.1. The molecule has 1 atom stereocenters. The van der Waals surface area contributed by atoms with Gasteiger partial charge in [-0.25, -0.2) is 0 Å². The van der Waals surface area contributed by atoms with Gasteiger partial charge < -0.3 is 5.32 Å². The number of nitriles is 1. The lowest BCUT2D eigenvalue weighted by Gasteiger charge is -2.15. The van der Waals surface area contributed by atoms with E-state index in [0.29, 0.717) is 13.0 Å². The van der Waals surface area contributed by atoms with Crippen molar-refractivity contribution in [1.29, 1.82) is 5.26 Å². The third-order valence-electron chi connectivity index (χ3n) is 2.05. The molecule has 1 aliphatic rings. The molecule has 10 heavy (non-hydrogen) atoms. The van der Waals surface area contributed by atoms with Gasteiger partial charge in [-0.3, -0.25) is 4.39 Å². The lowest BCUT2D eigenvalue weighted by Crippen LogP contribution is -2.22. The Morgan fingerprint density at radius 2 is 2.50 bits per heavy atom. The summed E-state index contributed by atoms with van der Waals surface area (Å²) >= 11 is 0. The molecule has 56 valence electrons. The summed E-state index contributed by atoms with van der Waals surface area (Å²) in [6.45, 7) is 1.14. The average Bonchev–Trinajstić information content (AvgIpc) is 2.39. The minimum atomic E-state index is -0.394. The zero-order valence-electron chi connectivity index (χ0n) is 5.86. The minimum absolute atomic E-state index is 0.380. The predicted molar refractivity (Wildman–Crippen MR) is 36.1 cm³/mol. The number of hydrogen-bond donors (Lipinski definition) is 1. The molecule has 1 fully saturated rings. The molecule has 0 aromatic carbocycles. The van der Waals surface area contributed by atoms with Crippen molar-refractivity contribution < 1.29 is 4.39 Å². The van der Waals surface area contributed by atoms with E-state index >= 15 is 0 Å². The summed E-state index contributed by atoms with van der Waals surface area (Å²) in [5, 5.41) is 11.8. The highest BCUT2D eigenvalue weighted by Crippen LogP contribution is 2.28. The molecule has 0 saturated carbocycles. The van der Waals surface area contributed by atoms with Gasteiger partial charge in [-0.05, 0) is 19.4 Å². The third kappa shape index (κ3) is 1.27. The van der Waals surface area contributed by atoms with Crippen molar-refractivity contribution in [2.24, 2.45) is 5.41 Å². The van der Waals surface area contributed by atoms with Gasteiger partial charge in [0.05, 0.1) is 18.2 Å². The second-order valence-corrected chi connectivity index (χ2v) is 2.76. The van der Waals surface area contributed by atoms with E-state index in [2.05, 4.69) is 11.4 Å². The number of alkyl halides is 1. The van der Waals surface area contributed by atoms with Gasteiger partial charge in [0, 0.05) is 6.54 Å². The molecule has 0 aliphatic carbocycles. The molecule has 2 nitrogen and oxygen atoms in total. The van der Waals surface area contributed by atoms with E-state index in [1.807, 2.05) is 0 Å². The molecule has 1 heterocycles. The van der Waals surface area contributed by atoms with Crippen molar-refractivity contribution in [2.45, 2.75) is 12.8 Å². The van der Waals surface area contributed by atoms with Crippen LogP contribution in [0, 0.1) is 16.7 Å². The van der Waals surface area contributed by atoms with Crippen LogP contribution < -0.4 is 5.32 Å². The molecule has 3 heteroatoms.